The average Bonchev–Trinajstić information content (AvgIpc) is 2.88. The highest BCUT2D eigenvalue weighted by Gasteiger charge is 2.23. The van der Waals surface area contributed by atoms with Crippen LogP contribution in [0.2, 0.25) is 0 Å². The number of hydrogen-bond donors (Lipinski definition) is 1. The van der Waals surface area contributed by atoms with Gasteiger partial charge in [0.1, 0.15) is 4.88 Å². The Kier molecular flexibility index (Phi) is 6.00. The molecule has 122 valence electrons. The first-order valence-corrected chi connectivity index (χ1v) is 8.88. The first kappa shape index (κ1) is 17.0. The molecule has 1 saturated carbocycles. The van der Waals surface area contributed by atoms with Crippen LogP contribution < -0.4 is 5.32 Å². The number of hydrogen-bond acceptors (Lipinski definition) is 4. The highest BCUT2D eigenvalue weighted by molar-refractivity contribution is 7.14. The molecule has 1 aromatic rings. The fourth-order valence-electron chi connectivity index (χ4n) is 2.95. The Labute approximate surface area is 136 Å². The quantitative estimate of drug-likeness (QED) is 0.844. The lowest BCUT2D eigenvalue weighted by molar-refractivity contribution is -0.125. The minimum atomic E-state index is -0.403. The normalized spacial score (nSPS) is 21.4. The first-order valence-electron chi connectivity index (χ1n) is 8.07. The summed E-state index contributed by atoms with van der Waals surface area (Å²) in [6.07, 6.45) is 5.47. The van der Waals surface area contributed by atoms with Crippen LogP contribution in [0.1, 0.15) is 59.6 Å². The maximum atomic E-state index is 12.0. The van der Waals surface area contributed by atoms with Crippen LogP contribution in [0.25, 0.3) is 0 Å². The molecule has 2 atom stereocenters. The van der Waals surface area contributed by atoms with Gasteiger partial charge in [-0.2, -0.15) is 0 Å². The Hall–Kier alpha value is -1.36. The van der Waals surface area contributed by atoms with Crippen molar-refractivity contribution in [2.24, 2.45) is 5.92 Å². The minimum Gasteiger partial charge on any atom is -0.451 e. The second-order valence-electron chi connectivity index (χ2n) is 6.08. The van der Waals surface area contributed by atoms with Crippen LogP contribution >= 0.6 is 11.3 Å². The molecule has 1 aromatic heterocycles. The zero-order valence-corrected chi connectivity index (χ0v) is 14.4. The van der Waals surface area contributed by atoms with Gasteiger partial charge >= 0.3 is 5.97 Å². The van der Waals surface area contributed by atoms with E-state index in [0.717, 1.165) is 31.2 Å². The number of ether oxygens (including phenoxy) is 1. The highest BCUT2D eigenvalue weighted by atomic mass is 32.1. The Bertz CT molecular complexity index is 538. The number of aryl methyl sites for hydroxylation is 2. The number of carbonyl (C=O) groups excluding carboxylic acids is 2. The van der Waals surface area contributed by atoms with E-state index < -0.39 is 5.97 Å². The van der Waals surface area contributed by atoms with E-state index in [1.165, 1.54) is 22.6 Å². The van der Waals surface area contributed by atoms with Gasteiger partial charge < -0.3 is 10.1 Å². The zero-order valence-electron chi connectivity index (χ0n) is 13.6. The van der Waals surface area contributed by atoms with Gasteiger partial charge in [-0.05, 0) is 43.7 Å². The smallest absolute Gasteiger partial charge is 0.348 e. The Morgan fingerprint density at radius 2 is 2.09 bits per heavy atom. The molecule has 4 nitrogen and oxygen atoms in total. The van der Waals surface area contributed by atoms with Crippen molar-refractivity contribution in [3.8, 4) is 0 Å². The van der Waals surface area contributed by atoms with Crippen molar-refractivity contribution in [3.05, 3.63) is 21.4 Å². The molecule has 0 aromatic carbocycles. The van der Waals surface area contributed by atoms with Crippen LogP contribution in [0.3, 0.4) is 0 Å². The van der Waals surface area contributed by atoms with Crippen molar-refractivity contribution < 1.29 is 14.3 Å². The van der Waals surface area contributed by atoms with Gasteiger partial charge in [0.15, 0.2) is 6.61 Å². The molecule has 1 heterocycles. The van der Waals surface area contributed by atoms with E-state index in [2.05, 4.69) is 19.2 Å². The third-order valence-corrected chi connectivity index (χ3v) is 5.70. The van der Waals surface area contributed by atoms with E-state index >= 15 is 0 Å². The molecule has 0 saturated heterocycles. The molecule has 1 N–H and O–H groups in total. The van der Waals surface area contributed by atoms with Crippen LogP contribution in [0, 0.1) is 12.8 Å². The monoisotopic (exact) mass is 323 g/mol. The summed E-state index contributed by atoms with van der Waals surface area (Å²) in [6.45, 7) is 6.02. The molecule has 1 fully saturated rings. The van der Waals surface area contributed by atoms with E-state index in [9.17, 15) is 9.59 Å². The van der Waals surface area contributed by atoms with Crippen LogP contribution in [-0.4, -0.2) is 24.5 Å². The molecule has 5 heteroatoms. The van der Waals surface area contributed by atoms with Gasteiger partial charge in [-0.15, -0.1) is 11.3 Å². The SMILES string of the molecule is CCc1sc(C(=O)OCC(=O)NC2CCCCC2C)cc1C. The van der Waals surface area contributed by atoms with E-state index in [-0.39, 0.29) is 18.6 Å². The third kappa shape index (κ3) is 4.32. The predicted octanol–water partition coefficient (Wildman–Crippen LogP) is 3.47. The number of carbonyl (C=O) groups is 2. The number of esters is 1. The number of rotatable bonds is 5. The summed E-state index contributed by atoms with van der Waals surface area (Å²) in [6, 6.07) is 2.06. The number of nitrogens with one attached hydrogen (secondary N) is 1. The van der Waals surface area contributed by atoms with Crippen LogP contribution in [0.15, 0.2) is 6.07 Å². The molecule has 1 aliphatic rings. The van der Waals surface area contributed by atoms with Crippen molar-refractivity contribution >= 4 is 23.2 Å². The average molecular weight is 323 g/mol. The van der Waals surface area contributed by atoms with Crippen LogP contribution in [-0.2, 0) is 16.0 Å². The molecular formula is C17H25NO3S. The van der Waals surface area contributed by atoms with Crippen molar-refractivity contribution in [3.63, 3.8) is 0 Å². The Morgan fingerprint density at radius 1 is 1.36 bits per heavy atom. The first-order chi connectivity index (χ1) is 10.5. The van der Waals surface area contributed by atoms with Crippen molar-refractivity contribution in [1.29, 1.82) is 0 Å². The van der Waals surface area contributed by atoms with Crippen molar-refractivity contribution in [2.45, 2.75) is 58.9 Å². The van der Waals surface area contributed by atoms with Crippen molar-refractivity contribution in [2.75, 3.05) is 6.61 Å². The largest absolute Gasteiger partial charge is 0.451 e. The topological polar surface area (TPSA) is 55.4 Å². The predicted molar refractivity (Wildman–Crippen MR) is 88.3 cm³/mol. The number of amides is 1. The van der Waals surface area contributed by atoms with Gasteiger partial charge in [-0.3, -0.25) is 4.79 Å². The van der Waals surface area contributed by atoms with Crippen LogP contribution in [0.5, 0.6) is 0 Å². The summed E-state index contributed by atoms with van der Waals surface area (Å²) in [7, 11) is 0. The molecule has 2 unspecified atom stereocenters. The molecule has 1 aliphatic carbocycles. The molecule has 0 spiro atoms. The van der Waals surface area contributed by atoms with Gasteiger partial charge in [0.2, 0.25) is 0 Å². The van der Waals surface area contributed by atoms with Gasteiger partial charge in [0.25, 0.3) is 5.91 Å². The molecule has 22 heavy (non-hydrogen) atoms. The van der Waals surface area contributed by atoms with E-state index in [4.69, 9.17) is 4.74 Å². The third-order valence-electron chi connectivity index (χ3n) is 4.34. The summed E-state index contributed by atoms with van der Waals surface area (Å²) < 4.78 is 5.14. The van der Waals surface area contributed by atoms with E-state index in [0.29, 0.717) is 10.8 Å². The summed E-state index contributed by atoms with van der Waals surface area (Å²) in [5.41, 5.74) is 1.11. The fourth-order valence-corrected chi connectivity index (χ4v) is 3.96. The molecule has 0 radical (unpaired) electrons. The highest BCUT2D eigenvalue weighted by Crippen LogP contribution is 2.24. The minimum absolute atomic E-state index is 0.194. The lowest BCUT2D eigenvalue weighted by atomic mass is 9.86. The van der Waals surface area contributed by atoms with Gasteiger partial charge in [0, 0.05) is 10.9 Å². The summed E-state index contributed by atoms with van der Waals surface area (Å²) in [5, 5.41) is 2.99. The maximum Gasteiger partial charge on any atom is 0.348 e. The summed E-state index contributed by atoms with van der Waals surface area (Å²) in [5.74, 6) is -0.101. The summed E-state index contributed by atoms with van der Waals surface area (Å²) >= 11 is 1.45. The molecule has 2 rings (SSSR count). The van der Waals surface area contributed by atoms with Gasteiger partial charge in [-0.25, -0.2) is 4.79 Å². The summed E-state index contributed by atoms with van der Waals surface area (Å²) in [4.78, 5) is 25.7. The van der Waals surface area contributed by atoms with Gasteiger partial charge in [-0.1, -0.05) is 26.7 Å². The number of thiophene rings is 1. The molecule has 1 amide bonds. The second kappa shape index (κ2) is 7.77. The standard InChI is InChI=1S/C17H25NO3S/c1-4-14-12(3)9-15(22-14)17(20)21-10-16(19)18-13-8-6-5-7-11(13)2/h9,11,13H,4-8,10H2,1-3H3,(H,18,19). The van der Waals surface area contributed by atoms with E-state index in [1.54, 1.807) is 0 Å². The fraction of sp³-hybridized carbons (Fsp3) is 0.647. The Balaban J connectivity index is 1.81. The molecule has 0 bridgehead atoms. The van der Waals surface area contributed by atoms with Crippen molar-refractivity contribution in [1.82, 2.24) is 5.32 Å². The lowest BCUT2D eigenvalue weighted by Crippen LogP contribution is -2.42. The van der Waals surface area contributed by atoms with Crippen LogP contribution in [0.4, 0.5) is 0 Å². The molecule has 0 aliphatic heterocycles. The van der Waals surface area contributed by atoms with E-state index in [1.807, 2.05) is 13.0 Å². The zero-order chi connectivity index (χ0) is 16.1. The second-order valence-corrected chi connectivity index (χ2v) is 7.22. The Morgan fingerprint density at radius 3 is 2.73 bits per heavy atom. The maximum absolute atomic E-state index is 12.0. The lowest BCUT2D eigenvalue weighted by Gasteiger charge is -2.29. The molecular weight excluding hydrogens is 298 g/mol. The van der Waals surface area contributed by atoms with Gasteiger partial charge in [0.05, 0.1) is 0 Å².